The molecule has 0 unspecified atom stereocenters. The van der Waals surface area contributed by atoms with Crippen molar-refractivity contribution < 1.29 is 0 Å². The number of nitrogens with one attached hydrogen (secondary N) is 1. The van der Waals surface area contributed by atoms with Crippen molar-refractivity contribution in [3.05, 3.63) is 47.8 Å². The average Bonchev–Trinajstić information content (AvgIpc) is 3.03. The topological polar surface area (TPSA) is 42.7 Å². The van der Waals surface area contributed by atoms with Crippen LogP contribution in [0.3, 0.4) is 0 Å². The Labute approximate surface area is 107 Å². The highest BCUT2D eigenvalue weighted by atomic mass is 15.4. The molecule has 1 aromatic carbocycles. The molecule has 1 aliphatic rings. The minimum atomic E-state index is 0.590. The zero-order valence-corrected chi connectivity index (χ0v) is 10.4. The summed E-state index contributed by atoms with van der Waals surface area (Å²) in [6, 6.07) is 10.9. The number of aromatic nitrogens is 3. The summed E-state index contributed by atoms with van der Waals surface area (Å²) in [7, 11) is 0. The Morgan fingerprint density at radius 2 is 2.17 bits per heavy atom. The first kappa shape index (κ1) is 11.4. The van der Waals surface area contributed by atoms with Gasteiger partial charge in [-0.15, -0.1) is 5.10 Å². The second kappa shape index (κ2) is 5.31. The first-order valence-electron chi connectivity index (χ1n) is 6.56. The molecule has 0 radical (unpaired) electrons. The van der Waals surface area contributed by atoms with Crippen molar-refractivity contribution in [3.63, 3.8) is 0 Å². The van der Waals surface area contributed by atoms with Crippen molar-refractivity contribution in [1.29, 1.82) is 0 Å². The molecule has 1 N–H and O–H groups in total. The Morgan fingerprint density at radius 3 is 2.94 bits per heavy atom. The van der Waals surface area contributed by atoms with Crippen LogP contribution in [0, 0.1) is 0 Å². The van der Waals surface area contributed by atoms with E-state index in [1.807, 2.05) is 10.7 Å². The smallest absolute Gasteiger partial charge is 0.0842 e. The Balaban J connectivity index is 1.62. The van der Waals surface area contributed by atoms with E-state index in [1.165, 1.54) is 18.4 Å². The van der Waals surface area contributed by atoms with E-state index < -0.39 is 0 Å². The minimum Gasteiger partial charge on any atom is -0.314 e. The van der Waals surface area contributed by atoms with E-state index in [-0.39, 0.29) is 0 Å². The first-order chi connectivity index (χ1) is 8.90. The van der Waals surface area contributed by atoms with Gasteiger partial charge in [0.2, 0.25) is 0 Å². The lowest BCUT2D eigenvalue weighted by molar-refractivity contribution is 0.594. The van der Waals surface area contributed by atoms with E-state index in [9.17, 15) is 0 Å². The Bertz CT molecular complexity index is 486. The molecule has 0 bridgehead atoms. The standard InChI is InChI=1S/C14H18N4/c1-2-5-12(6-3-1)10-18-11-14(16-17-18)9-13-7-4-8-15-13/h1-3,5-6,11,13,15H,4,7-10H2/t13-/m0/s1. The fourth-order valence-electron chi connectivity index (χ4n) is 2.46. The number of hydrogen-bond donors (Lipinski definition) is 1. The lowest BCUT2D eigenvalue weighted by atomic mass is 10.1. The van der Waals surface area contributed by atoms with Gasteiger partial charge in [0, 0.05) is 18.7 Å². The lowest BCUT2D eigenvalue weighted by Crippen LogP contribution is -2.23. The maximum absolute atomic E-state index is 4.25. The number of hydrogen-bond acceptors (Lipinski definition) is 3. The zero-order valence-electron chi connectivity index (χ0n) is 10.4. The molecule has 0 saturated carbocycles. The summed E-state index contributed by atoms with van der Waals surface area (Å²) >= 11 is 0. The average molecular weight is 242 g/mol. The summed E-state index contributed by atoms with van der Waals surface area (Å²) in [5.74, 6) is 0. The molecule has 94 valence electrons. The van der Waals surface area contributed by atoms with Gasteiger partial charge in [-0.3, -0.25) is 0 Å². The van der Waals surface area contributed by atoms with Gasteiger partial charge in [-0.05, 0) is 24.9 Å². The Kier molecular flexibility index (Phi) is 3.37. The van der Waals surface area contributed by atoms with Crippen LogP contribution in [0.2, 0.25) is 0 Å². The van der Waals surface area contributed by atoms with E-state index in [4.69, 9.17) is 0 Å². The van der Waals surface area contributed by atoms with Crippen molar-refractivity contribution in [2.24, 2.45) is 0 Å². The van der Waals surface area contributed by atoms with Crippen LogP contribution in [0.15, 0.2) is 36.5 Å². The molecule has 1 fully saturated rings. The quantitative estimate of drug-likeness (QED) is 0.886. The summed E-state index contributed by atoms with van der Waals surface area (Å²) in [6.45, 7) is 1.94. The highest BCUT2D eigenvalue weighted by molar-refractivity contribution is 5.15. The molecule has 0 amide bonds. The van der Waals surface area contributed by atoms with Gasteiger partial charge < -0.3 is 5.32 Å². The molecular formula is C14H18N4. The van der Waals surface area contributed by atoms with Gasteiger partial charge in [-0.25, -0.2) is 4.68 Å². The molecule has 1 atom stereocenters. The molecule has 2 heterocycles. The van der Waals surface area contributed by atoms with Crippen LogP contribution in [0.25, 0.3) is 0 Å². The third-order valence-corrected chi connectivity index (χ3v) is 3.39. The summed E-state index contributed by atoms with van der Waals surface area (Å²) in [4.78, 5) is 0. The van der Waals surface area contributed by atoms with Crippen LogP contribution in [0.1, 0.15) is 24.1 Å². The summed E-state index contributed by atoms with van der Waals surface area (Å²) in [5, 5.41) is 11.9. The molecule has 3 rings (SSSR count). The molecule has 2 aromatic rings. The van der Waals surface area contributed by atoms with Crippen LogP contribution in [0.5, 0.6) is 0 Å². The third kappa shape index (κ3) is 2.76. The summed E-state index contributed by atoms with van der Waals surface area (Å²) in [6.07, 6.45) is 5.59. The molecule has 18 heavy (non-hydrogen) atoms. The largest absolute Gasteiger partial charge is 0.314 e. The summed E-state index contributed by atoms with van der Waals surface area (Å²) < 4.78 is 1.92. The second-order valence-corrected chi connectivity index (χ2v) is 4.89. The van der Waals surface area contributed by atoms with Gasteiger partial charge in [0.1, 0.15) is 0 Å². The third-order valence-electron chi connectivity index (χ3n) is 3.39. The molecular weight excluding hydrogens is 224 g/mol. The SMILES string of the molecule is c1ccc(Cn2cc(C[C@@H]3CCCN3)nn2)cc1. The van der Waals surface area contributed by atoms with E-state index >= 15 is 0 Å². The van der Waals surface area contributed by atoms with Crippen LogP contribution >= 0.6 is 0 Å². The van der Waals surface area contributed by atoms with Crippen LogP contribution in [0.4, 0.5) is 0 Å². The van der Waals surface area contributed by atoms with Gasteiger partial charge in [0.15, 0.2) is 0 Å². The molecule has 1 aromatic heterocycles. The Morgan fingerprint density at radius 1 is 1.28 bits per heavy atom. The van der Waals surface area contributed by atoms with Crippen molar-refractivity contribution in [3.8, 4) is 0 Å². The molecule has 1 saturated heterocycles. The van der Waals surface area contributed by atoms with Gasteiger partial charge in [0.05, 0.1) is 12.2 Å². The van der Waals surface area contributed by atoms with Gasteiger partial charge >= 0.3 is 0 Å². The van der Waals surface area contributed by atoms with Crippen molar-refractivity contribution >= 4 is 0 Å². The van der Waals surface area contributed by atoms with Gasteiger partial charge in [-0.2, -0.15) is 0 Å². The van der Waals surface area contributed by atoms with Crippen molar-refractivity contribution in [1.82, 2.24) is 20.3 Å². The monoisotopic (exact) mass is 242 g/mol. The van der Waals surface area contributed by atoms with Gasteiger partial charge in [-0.1, -0.05) is 35.5 Å². The van der Waals surface area contributed by atoms with E-state index in [2.05, 4.69) is 46.1 Å². The fourth-order valence-corrected chi connectivity index (χ4v) is 2.46. The molecule has 4 heteroatoms. The first-order valence-corrected chi connectivity index (χ1v) is 6.56. The molecule has 0 spiro atoms. The summed E-state index contributed by atoms with van der Waals surface area (Å²) in [5.41, 5.74) is 2.35. The zero-order chi connectivity index (χ0) is 12.2. The van der Waals surface area contributed by atoms with Crippen molar-refractivity contribution in [2.45, 2.75) is 31.8 Å². The van der Waals surface area contributed by atoms with E-state index in [0.717, 1.165) is 25.2 Å². The highest BCUT2D eigenvalue weighted by Gasteiger charge is 2.15. The van der Waals surface area contributed by atoms with Crippen LogP contribution < -0.4 is 5.32 Å². The van der Waals surface area contributed by atoms with Gasteiger partial charge in [0.25, 0.3) is 0 Å². The normalized spacial score (nSPS) is 19.2. The minimum absolute atomic E-state index is 0.590. The molecule has 1 aliphatic heterocycles. The second-order valence-electron chi connectivity index (χ2n) is 4.89. The van der Waals surface area contributed by atoms with E-state index in [1.54, 1.807) is 0 Å². The molecule has 4 nitrogen and oxygen atoms in total. The van der Waals surface area contributed by atoms with Crippen molar-refractivity contribution in [2.75, 3.05) is 6.54 Å². The maximum atomic E-state index is 4.25. The van der Waals surface area contributed by atoms with Crippen LogP contribution in [-0.4, -0.2) is 27.6 Å². The predicted molar refractivity (Wildman–Crippen MR) is 70.3 cm³/mol. The number of benzene rings is 1. The predicted octanol–water partition coefficient (Wildman–Crippen LogP) is 1.62. The Hall–Kier alpha value is -1.68. The fraction of sp³-hybridized carbons (Fsp3) is 0.429. The number of rotatable bonds is 4. The lowest BCUT2D eigenvalue weighted by Gasteiger charge is -2.05. The molecule has 0 aliphatic carbocycles. The van der Waals surface area contributed by atoms with E-state index in [0.29, 0.717) is 6.04 Å². The maximum Gasteiger partial charge on any atom is 0.0842 e. The highest BCUT2D eigenvalue weighted by Crippen LogP contribution is 2.10. The number of nitrogens with zero attached hydrogens (tertiary/aromatic N) is 3. The van der Waals surface area contributed by atoms with Crippen LogP contribution in [-0.2, 0) is 13.0 Å².